The van der Waals surface area contributed by atoms with Crippen LogP contribution in [0.5, 0.6) is 0 Å². The average molecular weight is 408 g/mol. The molecule has 0 saturated heterocycles. The zero-order chi connectivity index (χ0) is 18.4. The van der Waals surface area contributed by atoms with E-state index in [1.54, 1.807) is 13.0 Å². The molecule has 6 nitrogen and oxygen atoms in total. The summed E-state index contributed by atoms with van der Waals surface area (Å²) in [4.78, 5) is 25.0. The van der Waals surface area contributed by atoms with Crippen molar-refractivity contribution in [2.45, 2.75) is 57.7 Å². The zero-order valence-corrected chi connectivity index (χ0v) is 16.1. The molecular formula is C18H22BrN3O3. The predicted octanol–water partition coefficient (Wildman–Crippen LogP) is 2.31. The first-order valence-electron chi connectivity index (χ1n) is 8.38. The van der Waals surface area contributed by atoms with Gasteiger partial charge in [0, 0.05) is 15.9 Å². The van der Waals surface area contributed by atoms with Crippen molar-refractivity contribution in [1.29, 1.82) is 0 Å². The third-order valence-corrected chi connectivity index (χ3v) is 5.02. The Labute approximate surface area is 154 Å². The highest BCUT2D eigenvalue weighted by molar-refractivity contribution is 9.10. The molecule has 2 N–H and O–H groups in total. The fraction of sp³-hybridized carbons (Fsp3) is 0.500. The van der Waals surface area contributed by atoms with Gasteiger partial charge in [0.05, 0.1) is 16.7 Å². The quantitative estimate of drug-likeness (QED) is 0.814. The molecule has 1 heterocycles. The lowest BCUT2D eigenvalue weighted by Crippen LogP contribution is -2.54. The normalized spacial score (nSPS) is 22.9. The Balaban J connectivity index is 1.89. The van der Waals surface area contributed by atoms with Crippen molar-refractivity contribution in [2.75, 3.05) is 0 Å². The second-order valence-corrected chi connectivity index (χ2v) is 8.28. The Morgan fingerprint density at radius 3 is 2.72 bits per heavy atom. The number of aromatic nitrogens is 2. The van der Waals surface area contributed by atoms with Gasteiger partial charge in [0.25, 0.3) is 5.56 Å². The molecule has 3 rings (SSSR count). The third-order valence-electron chi connectivity index (χ3n) is 4.53. The first kappa shape index (κ1) is 18.1. The maximum absolute atomic E-state index is 12.7. The number of hydrogen-bond acceptors (Lipinski definition) is 4. The van der Waals surface area contributed by atoms with Crippen LogP contribution in [-0.2, 0) is 11.3 Å². The number of amides is 1. The van der Waals surface area contributed by atoms with Crippen LogP contribution in [0.1, 0.15) is 45.2 Å². The van der Waals surface area contributed by atoms with Gasteiger partial charge in [-0.25, -0.2) is 4.68 Å². The third kappa shape index (κ3) is 3.77. The fourth-order valence-corrected chi connectivity index (χ4v) is 3.69. The molecule has 0 spiro atoms. The van der Waals surface area contributed by atoms with Gasteiger partial charge >= 0.3 is 0 Å². The van der Waals surface area contributed by atoms with E-state index < -0.39 is 5.60 Å². The second-order valence-electron chi connectivity index (χ2n) is 7.36. The van der Waals surface area contributed by atoms with Crippen molar-refractivity contribution < 1.29 is 9.90 Å². The molecule has 1 amide bonds. The molecule has 1 aromatic heterocycles. The van der Waals surface area contributed by atoms with E-state index in [0.29, 0.717) is 18.2 Å². The molecule has 25 heavy (non-hydrogen) atoms. The summed E-state index contributed by atoms with van der Waals surface area (Å²) in [6.45, 7) is 5.64. The second kappa shape index (κ2) is 6.53. The number of carbonyl (C=O) groups excluding carboxylic acids is 1. The fourth-order valence-electron chi connectivity index (χ4n) is 3.33. The summed E-state index contributed by atoms with van der Waals surface area (Å²) in [6.07, 6.45) is 1.06. The van der Waals surface area contributed by atoms with Crippen LogP contribution in [0.3, 0.4) is 0 Å². The number of carbonyl (C=O) groups is 1. The standard InChI is InChI=1S/C18H22BrN3O3/c1-10(2)16-13-5-4-11(19)6-14(13)17(24)22(21-16)9-15(23)20-12-7-18(3,25)8-12/h4-6,10,12,25H,7-9H2,1-3H3,(H,20,23)/t12-,18+. The number of nitrogens with zero attached hydrogens (tertiary/aromatic N) is 2. The SMILES string of the molecule is CC(C)c1nn(CC(=O)N[C@H]2C[C@@](C)(O)C2)c(=O)c2cc(Br)ccc12. The van der Waals surface area contributed by atoms with Crippen LogP contribution < -0.4 is 10.9 Å². The summed E-state index contributed by atoms with van der Waals surface area (Å²) in [5.41, 5.74) is -0.189. The Bertz CT molecular complexity index is 881. The van der Waals surface area contributed by atoms with E-state index in [2.05, 4.69) is 26.3 Å². The van der Waals surface area contributed by atoms with Gasteiger partial charge in [-0.05, 0) is 37.8 Å². The van der Waals surface area contributed by atoms with Crippen LogP contribution in [-0.4, -0.2) is 32.4 Å². The summed E-state index contributed by atoms with van der Waals surface area (Å²) in [5.74, 6) is -0.139. The monoisotopic (exact) mass is 407 g/mol. The van der Waals surface area contributed by atoms with E-state index in [-0.39, 0.29) is 30.0 Å². The zero-order valence-electron chi connectivity index (χ0n) is 14.5. The number of hydrogen-bond donors (Lipinski definition) is 2. The number of aliphatic hydroxyl groups is 1. The van der Waals surface area contributed by atoms with Crippen LogP contribution in [0, 0.1) is 0 Å². The molecule has 0 atom stereocenters. The van der Waals surface area contributed by atoms with Gasteiger partial charge < -0.3 is 10.4 Å². The number of benzene rings is 1. The van der Waals surface area contributed by atoms with Gasteiger partial charge in [0.2, 0.25) is 5.91 Å². The summed E-state index contributed by atoms with van der Waals surface area (Å²) in [7, 11) is 0. The van der Waals surface area contributed by atoms with Gasteiger partial charge in [0.15, 0.2) is 0 Å². The first-order chi connectivity index (χ1) is 11.7. The maximum Gasteiger partial charge on any atom is 0.275 e. The minimum atomic E-state index is -0.701. The van der Waals surface area contributed by atoms with Crippen molar-refractivity contribution in [1.82, 2.24) is 15.1 Å². The molecule has 1 aliphatic rings. The van der Waals surface area contributed by atoms with Crippen molar-refractivity contribution in [3.63, 3.8) is 0 Å². The molecular weight excluding hydrogens is 386 g/mol. The average Bonchev–Trinajstić information content (AvgIpc) is 2.48. The molecule has 2 aromatic rings. The van der Waals surface area contributed by atoms with E-state index >= 15 is 0 Å². The van der Waals surface area contributed by atoms with Gasteiger partial charge in [0.1, 0.15) is 6.54 Å². The van der Waals surface area contributed by atoms with Crippen LogP contribution in [0.2, 0.25) is 0 Å². The van der Waals surface area contributed by atoms with E-state index in [0.717, 1.165) is 15.6 Å². The van der Waals surface area contributed by atoms with Gasteiger partial charge in [-0.2, -0.15) is 5.10 Å². The number of nitrogens with one attached hydrogen (secondary N) is 1. The Morgan fingerprint density at radius 1 is 1.44 bits per heavy atom. The molecule has 0 aliphatic heterocycles. The van der Waals surface area contributed by atoms with Crippen molar-refractivity contribution in [2.24, 2.45) is 0 Å². The summed E-state index contributed by atoms with van der Waals surface area (Å²) in [5, 5.41) is 18.4. The summed E-state index contributed by atoms with van der Waals surface area (Å²) >= 11 is 3.39. The predicted molar refractivity (Wildman–Crippen MR) is 99.6 cm³/mol. The first-order valence-corrected chi connectivity index (χ1v) is 9.17. The lowest BCUT2D eigenvalue weighted by Gasteiger charge is -2.41. The van der Waals surface area contributed by atoms with Crippen LogP contribution in [0.15, 0.2) is 27.5 Å². The lowest BCUT2D eigenvalue weighted by atomic mass is 9.77. The Morgan fingerprint density at radius 2 is 2.12 bits per heavy atom. The number of rotatable bonds is 4. The highest BCUT2D eigenvalue weighted by Gasteiger charge is 2.39. The molecule has 0 radical (unpaired) electrons. The maximum atomic E-state index is 12.7. The minimum absolute atomic E-state index is 0.0441. The smallest absolute Gasteiger partial charge is 0.275 e. The number of fused-ring (bicyclic) bond motifs is 1. The molecule has 7 heteroatoms. The highest BCUT2D eigenvalue weighted by Crippen LogP contribution is 2.31. The van der Waals surface area contributed by atoms with Crippen molar-refractivity contribution in [3.05, 3.63) is 38.7 Å². The van der Waals surface area contributed by atoms with Crippen molar-refractivity contribution >= 4 is 32.6 Å². The molecule has 1 fully saturated rings. The lowest BCUT2D eigenvalue weighted by molar-refractivity contribution is -0.125. The van der Waals surface area contributed by atoms with E-state index in [9.17, 15) is 14.7 Å². The molecule has 134 valence electrons. The number of halogens is 1. The van der Waals surface area contributed by atoms with Crippen LogP contribution in [0.25, 0.3) is 10.8 Å². The van der Waals surface area contributed by atoms with Crippen LogP contribution in [0.4, 0.5) is 0 Å². The molecule has 1 aromatic carbocycles. The molecule has 0 bridgehead atoms. The van der Waals surface area contributed by atoms with E-state index in [1.165, 1.54) is 4.68 Å². The summed E-state index contributed by atoms with van der Waals surface area (Å²) < 4.78 is 2.04. The molecule has 1 aliphatic carbocycles. The minimum Gasteiger partial charge on any atom is -0.390 e. The Hall–Kier alpha value is -1.73. The van der Waals surface area contributed by atoms with Gasteiger partial charge in [-0.15, -0.1) is 0 Å². The van der Waals surface area contributed by atoms with E-state index in [4.69, 9.17) is 0 Å². The van der Waals surface area contributed by atoms with Crippen LogP contribution >= 0.6 is 15.9 Å². The topological polar surface area (TPSA) is 84.2 Å². The Kier molecular flexibility index (Phi) is 4.72. The largest absolute Gasteiger partial charge is 0.390 e. The van der Waals surface area contributed by atoms with Gasteiger partial charge in [-0.1, -0.05) is 35.8 Å². The summed E-state index contributed by atoms with van der Waals surface area (Å²) in [6, 6.07) is 5.49. The molecule has 0 unspecified atom stereocenters. The highest BCUT2D eigenvalue weighted by atomic mass is 79.9. The molecule has 1 saturated carbocycles. The van der Waals surface area contributed by atoms with Gasteiger partial charge in [-0.3, -0.25) is 9.59 Å². The van der Waals surface area contributed by atoms with Crippen molar-refractivity contribution in [3.8, 4) is 0 Å². The van der Waals surface area contributed by atoms with E-state index in [1.807, 2.05) is 26.0 Å².